The van der Waals surface area contributed by atoms with E-state index in [0.717, 1.165) is 17.7 Å². The highest BCUT2D eigenvalue weighted by Crippen LogP contribution is 2.23. The number of amides is 1. The molecule has 5 heteroatoms. The molecule has 0 bridgehead atoms. The number of hydrogen-bond acceptors (Lipinski definition) is 2. The highest BCUT2D eigenvalue weighted by atomic mass is 19.1. The number of nitrogens with zero attached hydrogens (tertiary/aromatic N) is 2. The largest absolute Gasteiger partial charge is 0.385 e. The maximum Gasteiger partial charge on any atom is 0.254 e. The predicted octanol–water partition coefficient (Wildman–Crippen LogP) is 5.65. The first-order valence-electron chi connectivity index (χ1n) is 11.0. The molecule has 0 unspecified atom stereocenters. The van der Waals surface area contributed by atoms with Crippen LogP contribution in [-0.2, 0) is 23.2 Å². The molecule has 0 aliphatic carbocycles. The van der Waals surface area contributed by atoms with Crippen molar-refractivity contribution in [1.29, 1.82) is 0 Å². The lowest BCUT2D eigenvalue weighted by Crippen LogP contribution is -2.33. The Morgan fingerprint density at radius 3 is 2.34 bits per heavy atom. The maximum absolute atomic E-state index is 13.4. The number of carbonyl (C=O) groups excluding carboxylic acids is 1. The van der Waals surface area contributed by atoms with Crippen LogP contribution < -0.4 is 0 Å². The summed E-state index contributed by atoms with van der Waals surface area (Å²) in [5.74, 6) is -0.232. The van der Waals surface area contributed by atoms with E-state index < -0.39 is 0 Å². The predicted molar refractivity (Wildman–Crippen MR) is 126 cm³/mol. The maximum atomic E-state index is 13.4. The van der Waals surface area contributed by atoms with E-state index in [1.54, 1.807) is 19.2 Å². The first-order valence-corrected chi connectivity index (χ1v) is 11.0. The molecule has 0 saturated heterocycles. The fourth-order valence-electron chi connectivity index (χ4n) is 3.68. The molecule has 4 nitrogen and oxygen atoms in total. The molecule has 1 aromatic heterocycles. The third kappa shape index (κ3) is 6.30. The molecule has 3 aromatic rings. The van der Waals surface area contributed by atoms with Gasteiger partial charge in [0, 0.05) is 44.3 Å². The highest BCUT2D eigenvalue weighted by molar-refractivity contribution is 5.94. The van der Waals surface area contributed by atoms with Gasteiger partial charge in [-0.05, 0) is 59.4 Å². The van der Waals surface area contributed by atoms with Crippen molar-refractivity contribution < 1.29 is 13.9 Å². The second-order valence-electron chi connectivity index (χ2n) is 9.15. The van der Waals surface area contributed by atoms with E-state index in [-0.39, 0.29) is 17.1 Å². The third-order valence-corrected chi connectivity index (χ3v) is 5.60. The van der Waals surface area contributed by atoms with Gasteiger partial charge in [0.2, 0.25) is 0 Å². The lowest BCUT2D eigenvalue weighted by molar-refractivity contribution is 0.0719. The van der Waals surface area contributed by atoms with Crippen LogP contribution in [0.5, 0.6) is 0 Å². The lowest BCUT2D eigenvalue weighted by Gasteiger charge is -2.25. The van der Waals surface area contributed by atoms with Crippen LogP contribution in [0.3, 0.4) is 0 Å². The number of aromatic nitrogens is 1. The zero-order valence-corrected chi connectivity index (χ0v) is 19.5. The summed E-state index contributed by atoms with van der Waals surface area (Å²) in [4.78, 5) is 15.2. The number of benzene rings is 2. The molecule has 170 valence electrons. The minimum absolute atomic E-state index is 0.0103. The Bertz CT molecular complexity index is 1000. The first-order chi connectivity index (χ1) is 15.3. The zero-order chi connectivity index (χ0) is 23.1. The standard InChI is InChI=1S/C27H33FN2O2/c1-27(2,3)23-12-10-22(11-13-23)26(31)30(17-6-18-32-4)20-25-7-5-16-29(25)19-21-8-14-24(28)15-9-21/h5,7-16H,6,17-20H2,1-4H3. The summed E-state index contributed by atoms with van der Waals surface area (Å²) in [7, 11) is 1.67. The molecule has 3 rings (SSSR count). The summed E-state index contributed by atoms with van der Waals surface area (Å²) >= 11 is 0. The van der Waals surface area contributed by atoms with Crippen LogP contribution >= 0.6 is 0 Å². The molecule has 0 spiro atoms. The third-order valence-electron chi connectivity index (χ3n) is 5.60. The van der Waals surface area contributed by atoms with Crippen LogP contribution in [0.2, 0.25) is 0 Å². The van der Waals surface area contributed by atoms with Gasteiger partial charge in [0.05, 0.1) is 6.54 Å². The Morgan fingerprint density at radius 1 is 1.03 bits per heavy atom. The Balaban J connectivity index is 1.78. The van der Waals surface area contributed by atoms with Gasteiger partial charge in [0.1, 0.15) is 5.82 Å². The van der Waals surface area contributed by atoms with Gasteiger partial charge >= 0.3 is 0 Å². The smallest absolute Gasteiger partial charge is 0.254 e. The Hall–Kier alpha value is -2.92. The SMILES string of the molecule is COCCCN(Cc1cccn1Cc1ccc(F)cc1)C(=O)c1ccc(C(C)(C)C)cc1. The van der Waals surface area contributed by atoms with Crippen molar-refractivity contribution in [2.24, 2.45) is 0 Å². The van der Waals surface area contributed by atoms with E-state index >= 15 is 0 Å². The van der Waals surface area contributed by atoms with Crippen molar-refractivity contribution >= 4 is 5.91 Å². The van der Waals surface area contributed by atoms with Gasteiger partial charge in [0.25, 0.3) is 5.91 Å². The van der Waals surface area contributed by atoms with Gasteiger partial charge in [-0.25, -0.2) is 4.39 Å². The van der Waals surface area contributed by atoms with Crippen molar-refractivity contribution in [2.45, 2.75) is 45.7 Å². The van der Waals surface area contributed by atoms with Crippen molar-refractivity contribution in [2.75, 3.05) is 20.3 Å². The van der Waals surface area contributed by atoms with Crippen LogP contribution in [0.15, 0.2) is 66.9 Å². The number of ether oxygens (including phenoxy) is 1. The summed E-state index contributed by atoms with van der Waals surface area (Å²) in [6.45, 7) is 8.82. The minimum Gasteiger partial charge on any atom is -0.385 e. The van der Waals surface area contributed by atoms with Crippen LogP contribution in [0.25, 0.3) is 0 Å². The quantitative estimate of drug-likeness (QED) is 0.406. The van der Waals surface area contributed by atoms with E-state index in [0.29, 0.717) is 31.8 Å². The lowest BCUT2D eigenvalue weighted by atomic mass is 9.86. The van der Waals surface area contributed by atoms with Crippen molar-refractivity contribution in [3.63, 3.8) is 0 Å². The average molecular weight is 437 g/mol. The molecule has 32 heavy (non-hydrogen) atoms. The van der Waals surface area contributed by atoms with Crippen molar-refractivity contribution in [1.82, 2.24) is 9.47 Å². The van der Waals surface area contributed by atoms with Gasteiger partial charge in [0.15, 0.2) is 0 Å². The van der Waals surface area contributed by atoms with Crippen molar-refractivity contribution in [3.8, 4) is 0 Å². The van der Waals surface area contributed by atoms with E-state index in [9.17, 15) is 9.18 Å². The number of carbonyl (C=O) groups is 1. The minimum atomic E-state index is -0.242. The second-order valence-corrected chi connectivity index (χ2v) is 9.15. The van der Waals surface area contributed by atoms with Crippen LogP contribution in [0.4, 0.5) is 4.39 Å². The zero-order valence-electron chi connectivity index (χ0n) is 19.5. The van der Waals surface area contributed by atoms with Gasteiger partial charge in [-0.15, -0.1) is 0 Å². The molecule has 0 fully saturated rings. The average Bonchev–Trinajstić information content (AvgIpc) is 3.20. The van der Waals surface area contributed by atoms with E-state index in [1.807, 2.05) is 47.5 Å². The van der Waals surface area contributed by atoms with E-state index in [1.165, 1.54) is 17.7 Å². The molecular formula is C27H33FN2O2. The number of methoxy groups -OCH3 is 1. The summed E-state index contributed by atoms with van der Waals surface area (Å²) < 4.78 is 20.6. The van der Waals surface area contributed by atoms with Gasteiger partial charge in [-0.1, -0.05) is 45.0 Å². The van der Waals surface area contributed by atoms with Gasteiger partial charge in [-0.2, -0.15) is 0 Å². The molecule has 0 atom stereocenters. The summed E-state index contributed by atoms with van der Waals surface area (Å²) in [5, 5.41) is 0. The summed E-state index contributed by atoms with van der Waals surface area (Å²) in [6.07, 6.45) is 2.76. The normalized spacial score (nSPS) is 11.5. The van der Waals surface area contributed by atoms with Gasteiger partial charge < -0.3 is 14.2 Å². The molecule has 2 aromatic carbocycles. The number of hydrogen-bond donors (Lipinski definition) is 0. The van der Waals surface area contributed by atoms with Gasteiger partial charge in [-0.3, -0.25) is 4.79 Å². The molecule has 1 heterocycles. The molecule has 1 amide bonds. The van der Waals surface area contributed by atoms with Crippen LogP contribution in [-0.4, -0.2) is 35.6 Å². The van der Waals surface area contributed by atoms with Crippen LogP contribution in [0.1, 0.15) is 54.4 Å². The van der Waals surface area contributed by atoms with Crippen molar-refractivity contribution in [3.05, 3.63) is 95.1 Å². The topological polar surface area (TPSA) is 34.5 Å². The monoisotopic (exact) mass is 436 g/mol. The Kier molecular flexibility index (Phi) is 7.86. The molecule has 0 radical (unpaired) electrons. The Labute approximate surface area is 190 Å². The first kappa shape index (κ1) is 23.7. The molecule has 0 N–H and O–H groups in total. The Morgan fingerprint density at radius 2 is 1.72 bits per heavy atom. The molecular weight excluding hydrogens is 403 g/mol. The highest BCUT2D eigenvalue weighted by Gasteiger charge is 2.19. The second kappa shape index (κ2) is 10.6. The summed E-state index contributed by atoms with van der Waals surface area (Å²) in [6, 6.07) is 18.5. The molecule has 0 aliphatic rings. The number of rotatable bonds is 9. The summed E-state index contributed by atoms with van der Waals surface area (Å²) in [5.41, 5.74) is 3.98. The van der Waals surface area contributed by atoms with E-state index in [4.69, 9.17) is 4.74 Å². The van der Waals surface area contributed by atoms with Crippen LogP contribution in [0, 0.1) is 5.82 Å². The number of halogens is 1. The fraction of sp³-hybridized carbons (Fsp3) is 0.370. The van der Waals surface area contributed by atoms with E-state index in [2.05, 4.69) is 25.3 Å². The molecule has 0 saturated carbocycles. The fourth-order valence-corrected chi connectivity index (χ4v) is 3.68. The molecule has 0 aliphatic heterocycles.